The summed E-state index contributed by atoms with van der Waals surface area (Å²) in [6.45, 7) is 0. The molecule has 0 saturated carbocycles. The number of anilines is 3. The number of fused-ring (bicyclic) bond motifs is 13. The summed E-state index contributed by atoms with van der Waals surface area (Å²) in [5.74, 6) is 0. The molecule has 0 atom stereocenters. The van der Waals surface area contributed by atoms with Gasteiger partial charge in [0.1, 0.15) is 22.3 Å². The van der Waals surface area contributed by atoms with Crippen LogP contribution in [0.4, 0.5) is 17.1 Å². The lowest BCUT2D eigenvalue weighted by Crippen LogP contribution is -2.11. The summed E-state index contributed by atoms with van der Waals surface area (Å²) < 4.78 is 26.6. The van der Waals surface area contributed by atoms with E-state index in [-0.39, 0.29) is 0 Å². The predicted octanol–water partition coefficient (Wildman–Crippen LogP) is 12.8. The van der Waals surface area contributed by atoms with Gasteiger partial charge >= 0.3 is 0 Å². The van der Waals surface area contributed by atoms with E-state index in [1.807, 2.05) is 60.7 Å². The molecule has 0 aliphatic heterocycles. The first-order chi connectivity index (χ1) is 23.3. The molecule has 0 aliphatic carbocycles. The number of benzene rings is 7. The van der Waals surface area contributed by atoms with Crippen molar-refractivity contribution >= 4 is 105 Å². The van der Waals surface area contributed by atoms with Crippen LogP contribution in [0.5, 0.6) is 0 Å². The van der Waals surface area contributed by atoms with Crippen LogP contribution in [0.3, 0.4) is 0 Å². The third-order valence-electron chi connectivity index (χ3n) is 9.46. The van der Waals surface area contributed by atoms with Gasteiger partial charge in [0.25, 0.3) is 0 Å². The molecule has 0 unspecified atom stereocenters. The van der Waals surface area contributed by atoms with Crippen LogP contribution in [0, 0.1) is 0 Å². The van der Waals surface area contributed by atoms with Crippen molar-refractivity contribution in [2.45, 2.75) is 0 Å². The number of para-hydroxylation sites is 6. The zero-order valence-corrected chi connectivity index (χ0v) is 24.9. The summed E-state index contributed by atoms with van der Waals surface area (Å²) in [5.41, 5.74) is 9.02. The van der Waals surface area contributed by atoms with Gasteiger partial charge in [-0.1, -0.05) is 97.1 Å². The molecule has 47 heavy (non-hydrogen) atoms. The van der Waals surface area contributed by atoms with Gasteiger partial charge in [-0.2, -0.15) is 0 Å². The molecule has 7 aromatic carbocycles. The minimum Gasteiger partial charge on any atom is -0.454 e. The quantitative estimate of drug-likeness (QED) is 0.201. The molecular formula is C42H23NO4. The van der Waals surface area contributed by atoms with Crippen LogP contribution in [0.25, 0.3) is 87.8 Å². The fourth-order valence-electron chi connectivity index (χ4n) is 7.43. The Labute approximate surface area is 266 Å². The zero-order valence-electron chi connectivity index (χ0n) is 24.9. The SMILES string of the molecule is c1ccc2c(c1)oc1c(N(c3cccc4c3oc3ccccc34)c3cc4c5ccccc5oc4c4oc5ccccc5c34)cccc12. The largest absolute Gasteiger partial charge is 0.454 e. The monoisotopic (exact) mass is 605 g/mol. The van der Waals surface area contributed by atoms with E-state index in [0.717, 1.165) is 99.2 Å². The van der Waals surface area contributed by atoms with E-state index in [2.05, 4.69) is 83.8 Å². The van der Waals surface area contributed by atoms with Crippen LogP contribution in [0.15, 0.2) is 157 Å². The molecule has 0 bridgehead atoms. The van der Waals surface area contributed by atoms with Crippen molar-refractivity contribution in [3.05, 3.63) is 140 Å². The summed E-state index contributed by atoms with van der Waals surface area (Å²) in [6.07, 6.45) is 0. The Balaban J connectivity index is 1.36. The van der Waals surface area contributed by atoms with Crippen LogP contribution in [0.2, 0.25) is 0 Å². The fourth-order valence-corrected chi connectivity index (χ4v) is 7.43. The van der Waals surface area contributed by atoms with Crippen LogP contribution in [-0.4, -0.2) is 0 Å². The normalized spacial score (nSPS) is 12.3. The van der Waals surface area contributed by atoms with Crippen molar-refractivity contribution < 1.29 is 17.7 Å². The molecule has 11 rings (SSSR count). The molecule has 0 amide bonds. The van der Waals surface area contributed by atoms with Crippen molar-refractivity contribution in [3.8, 4) is 0 Å². The third-order valence-corrected chi connectivity index (χ3v) is 9.46. The highest BCUT2D eigenvalue weighted by Gasteiger charge is 2.28. The molecule has 4 aromatic heterocycles. The van der Waals surface area contributed by atoms with Crippen LogP contribution >= 0.6 is 0 Å². The van der Waals surface area contributed by atoms with E-state index >= 15 is 0 Å². The lowest BCUT2D eigenvalue weighted by Gasteiger charge is -2.26. The summed E-state index contributed by atoms with van der Waals surface area (Å²) in [4.78, 5) is 2.28. The van der Waals surface area contributed by atoms with Crippen molar-refractivity contribution in [2.75, 3.05) is 4.90 Å². The summed E-state index contributed by atoms with van der Waals surface area (Å²) in [6, 6.07) is 47.6. The van der Waals surface area contributed by atoms with Gasteiger partial charge in [0, 0.05) is 37.7 Å². The molecule has 0 N–H and O–H groups in total. The molecule has 5 heteroatoms. The lowest BCUT2D eigenvalue weighted by molar-refractivity contribution is 0.633. The van der Waals surface area contributed by atoms with Crippen molar-refractivity contribution in [2.24, 2.45) is 0 Å². The molecule has 0 spiro atoms. The van der Waals surface area contributed by atoms with Gasteiger partial charge in [0.15, 0.2) is 22.3 Å². The van der Waals surface area contributed by atoms with E-state index in [9.17, 15) is 0 Å². The summed E-state index contributed by atoms with van der Waals surface area (Å²) in [5, 5.41) is 8.18. The molecule has 0 radical (unpaired) electrons. The van der Waals surface area contributed by atoms with Gasteiger partial charge in [0.2, 0.25) is 0 Å². The molecular weight excluding hydrogens is 582 g/mol. The maximum Gasteiger partial charge on any atom is 0.180 e. The molecule has 0 saturated heterocycles. The first-order valence-electron chi connectivity index (χ1n) is 15.7. The number of hydrogen-bond acceptors (Lipinski definition) is 5. The Hall–Kier alpha value is -6.46. The Morgan fingerprint density at radius 3 is 1.26 bits per heavy atom. The first kappa shape index (κ1) is 24.8. The highest BCUT2D eigenvalue weighted by Crippen LogP contribution is 2.51. The van der Waals surface area contributed by atoms with Crippen LogP contribution in [0.1, 0.15) is 0 Å². The van der Waals surface area contributed by atoms with Crippen molar-refractivity contribution in [3.63, 3.8) is 0 Å². The highest BCUT2D eigenvalue weighted by atomic mass is 16.4. The van der Waals surface area contributed by atoms with Gasteiger partial charge in [-0.25, -0.2) is 0 Å². The predicted molar refractivity (Wildman–Crippen MR) is 190 cm³/mol. The minimum atomic E-state index is 0.702. The maximum atomic E-state index is 6.69. The second kappa shape index (κ2) is 9.05. The minimum absolute atomic E-state index is 0.702. The van der Waals surface area contributed by atoms with Gasteiger partial charge in [-0.05, 0) is 42.5 Å². The van der Waals surface area contributed by atoms with Gasteiger partial charge in [-0.3, -0.25) is 0 Å². The number of nitrogens with zero attached hydrogens (tertiary/aromatic N) is 1. The molecule has 4 heterocycles. The average molecular weight is 606 g/mol. The smallest absolute Gasteiger partial charge is 0.180 e. The molecule has 220 valence electrons. The molecule has 5 nitrogen and oxygen atoms in total. The van der Waals surface area contributed by atoms with Gasteiger partial charge in [0.05, 0.1) is 22.4 Å². The van der Waals surface area contributed by atoms with Crippen LogP contribution in [-0.2, 0) is 0 Å². The van der Waals surface area contributed by atoms with Crippen molar-refractivity contribution in [1.29, 1.82) is 0 Å². The van der Waals surface area contributed by atoms with E-state index in [1.54, 1.807) is 0 Å². The maximum absolute atomic E-state index is 6.69. The Morgan fingerprint density at radius 2 is 0.702 bits per heavy atom. The van der Waals surface area contributed by atoms with Gasteiger partial charge in [-0.15, -0.1) is 0 Å². The van der Waals surface area contributed by atoms with E-state index in [0.29, 0.717) is 5.58 Å². The summed E-state index contributed by atoms with van der Waals surface area (Å²) in [7, 11) is 0. The Morgan fingerprint density at radius 1 is 0.298 bits per heavy atom. The molecule has 0 aliphatic rings. The van der Waals surface area contributed by atoms with E-state index in [1.165, 1.54) is 0 Å². The Kier molecular flexibility index (Phi) is 4.78. The van der Waals surface area contributed by atoms with Crippen LogP contribution < -0.4 is 4.90 Å². The lowest BCUT2D eigenvalue weighted by atomic mass is 10.0. The number of hydrogen-bond donors (Lipinski definition) is 0. The second-order valence-corrected chi connectivity index (χ2v) is 12.0. The van der Waals surface area contributed by atoms with Crippen molar-refractivity contribution in [1.82, 2.24) is 0 Å². The average Bonchev–Trinajstić information content (AvgIpc) is 3.89. The first-order valence-corrected chi connectivity index (χ1v) is 15.7. The van der Waals surface area contributed by atoms with E-state index < -0.39 is 0 Å². The standard InChI is InChI=1S/C42H23NO4/c1-5-19-34-24(11-1)27-15-9-17-31(39(27)44-34)43(32-18-10-16-28-25-12-2-6-20-35(25)45-40(28)32)33-23-30-26-13-3-7-21-36(26)46-41(30)42-38(33)29-14-4-8-22-37(29)47-42/h1-23H. The number of rotatable bonds is 3. The third kappa shape index (κ3) is 3.32. The van der Waals surface area contributed by atoms with E-state index in [4.69, 9.17) is 17.7 Å². The zero-order chi connectivity index (χ0) is 30.6. The second-order valence-electron chi connectivity index (χ2n) is 12.0. The summed E-state index contributed by atoms with van der Waals surface area (Å²) >= 11 is 0. The molecule has 11 aromatic rings. The molecule has 0 fully saturated rings. The fraction of sp³-hybridized carbons (Fsp3) is 0. The van der Waals surface area contributed by atoms with Gasteiger partial charge < -0.3 is 22.6 Å². The Bertz CT molecular complexity index is 2930. The number of furan rings is 4. The highest BCUT2D eigenvalue weighted by molar-refractivity contribution is 6.26. The topological polar surface area (TPSA) is 55.8 Å².